The van der Waals surface area contributed by atoms with Gasteiger partial charge in [0.15, 0.2) is 0 Å². The van der Waals surface area contributed by atoms with Crippen LogP contribution in [-0.2, 0) is 0 Å². The van der Waals surface area contributed by atoms with Gasteiger partial charge in [0.2, 0.25) is 0 Å². The third-order valence-electron chi connectivity index (χ3n) is 3.22. The Hall–Kier alpha value is -3.14. The normalized spacial score (nSPS) is 11.8. The molecule has 0 amide bonds. The molecule has 3 aromatic rings. The summed E-state index contributed by atoms with van der Waals surface area (Å²) < 4.78 is 0. The molecule has 0 saturated heterocycles. The van der Waals surface area contributed by atoms with E-state index in [4.69, 9.17) is 0 Å². The van der Waals surface area contributed by atoms with E-state index < -0.39 is 0 Å². The molecule has 23 heavy (non-hydrogen) atoms. The third kappa shape index (κ3) is 4.17. The molecule has 0 aliphatic carbocycles. The summed E-state index contributed by atoms with van der Waals surface area (Å²) in [6.07, 6.45) is 5.26. The number of pyridine rings is 2. The van der Waals surface area contributed by atoms with Crippen molar-refractivity contribution in [3.05, 3.63) is 84.4 Å². The Morgan fingerprint density at radius 1 is 0.826 bits per heavy atom. The number of aromatic nitrogens is 2. The van der Waals surface area contributed by atoms with Crippen LogP contribution in [0.5, 0.6) is 0 Å². The molecular formula is C19H16N4. The highest BCUT2D eigenvalue weighted by Gasteiger charge is 1.98. The van der Waals surface area contributed by atoms with Crippen molar-refractivity contribution in [2.45, 2.75) is 6.92 Å². The van der Waals surface area contributed by atoms with E-state index in [9.17, 15) is 0 Å². The average molecular weight is 300 g/mol. The van der Waals surface area contributed by atoms with Crippen molar-refractivity contribution in [2.24, 2.45) is 9.98 Å². The molecule has 3 rings (SSSR count). The van der Waals surface area contributed by atoms with Gasteiger partial charge in [-0.3, -0.25) is 20.0 Å². The summed E-state index contributed by atoms with van der Waals surface area (Å²) in [6, 6.07) is 19.3. The summed E-state index contributed by atoms with van der Waals surface area (Å²) in [5.41, 5.74) is 4.34. The van der Waals surface area contributed by atoms with Crippen LogP contribution < -0.4 is 0 Å². The van der Waals surface area contributed by atoms with Crippen LogP contribution in [0.2, 0.25) is 0 Å². The minimum atomic E-state index is 0.834. The number of benzene rings is 1. The van der Waals surface area contributed by atoms with Gasteiger partial charge in [0.1, 0.15) is 0 Å². The maximum absolute atomic E-state index is 4.58. The van der Waals surface area contributed by atoms with Crippen LogP contribution in [0, 0.1) is 0 Å². The molecule has 0 unspecified atom stereocenters. The summed E-state index contributed by atoms with van der Waals surface area (Å²) >= 11 is 0. The average Bonchev–Trinajstić information content (AvgIpc) is 2.63. The molecule has 0 spiro atoms. The number of nitrogens with zero attached hydrogens (tertiary/aromatic N) is 4. The van der Waals surface area contributed by atoms with Crippen LogP contribution in [0.15, 0.2) is 83.0 Å². The molecule has 0 radical (unpaired) electrons. The lowest BCUT2D eigenvalue weighted by Crippen LogP contribution is -1.96. The number of hydrogen-bond acceptors (Lipinski definition) is 4. The lowest BCUT2D eigenvalue weighted by Gasteiger charge is -2.00. The lowest BCUT2D eigenvalue weighted by molar-refractivity contribution is 1.28. The zero-order valence-electron chi connectivity index (χ0n) is 12.8. The van der Waals surface area contributed by atoms with Gasteiger partial charge in [-0.2, -0.15) is 0 Å². The van der Waals surface area contributed by atoms with E-state index in [1.807, 2.05) is 67.6 Å². The fourth-order valence-corrected chi connectivity index (χ4v) is 2.03. The second-order valence-corrected chi connectivity index (χ2v) is 4.94. The van der Waals surface area contributed by atoms with Gasteiger partial charge >= 0.3 is 0 Å². The van der Waals surface area contributed by atoms with E-state index in [0.717, 1.165) is 28.5 Å². The second kappa shape index (κ2) is 7.22. The van der Waals surface area contributed by atoms with E-state index >= 15 is 0 Å². The van der Waals surface area contributed by atoms with Gasteiger partial charge in [-0.05, 0) is 55.5 Å². The predicted octanol–water partition coefficient (Wildman–Crippen LogP) is 4.37. The zero-order valence-corrected chi connectivity index (χ0v) is 12.8. The first kappa shape index (κ1) is 14.8. The fraction of sp³-hybridized carbons (Fsp3) is 0.0526. The van der Waals surface area contributed by atoms with Crippen molar-refractivity contribution in [3.63, 3.8) is 0 Å². The molecule has 4 nitrogen and oxygen atoms in total. The number of hydrogen-bond donors (Lipinski definition) is 0. The molecule has 0 atom stereocenters. The monoisotopic (exact) mass is 300 g/mol. The van der Waals surface area contributed by atoms with Crippen molar-refractivity contribution in [2.75, 3.05) is 0 Å². The minimum Gasteiger partial charge on any atom is -0.255 e. The molecule has 4 heteroatoms. The fourth-order valence-electron chi connectivity index (χ4n) is 2.03. The van der Waals surface area contributed by atoms with Gasteiger partial charge in [0, 0.05) is 12.4 Å². The first-order valence-corrected chi connectivity index (χ1v) is 7.33. The summed E-state index contributed by atoms with van der Waals surface area (Å²) in [5, 5.41) is 0. The molecule has 0 fully saturated rings. The molecule has 0 aliphatic rings. The molecule has 0 saturated carbocycles. The third-order valence-corrected chi connectivity index (χ3v) is 3.22. The summed E-state index contributed by atoms with van der Waals surface area (Å²) in [7, 11) is 0. The Balaban J connectivity index is 1.74. The van der Waals surface area contributed by atoms with Crippen molar-refractivity contribution in [3.8, 4) is 0 Å². The van der Waals surface area contributed by atoms with E-state index in [0.29, 0.717) is 0 Å². The minimum absolute atomic E-state index is 0.834. The molecule has 0 N–H and O–H groups in total. The van der Waals surface area contributed by atoms with Crippen molar-refractivity contribution >= 4 is 23.3 Å². The van der Waals surface area contributed by atoms with Gasteiger partial charge in [0.25, 0.3) is 0 Å². The Labute approximate surface area is 135 Å². The van der Waals surface area contributed by atoms with Crippen molar-refractivity contribution in [1.29, 1.82) is 0 Å². The maximum Gasteiger partial charge on any atom is 0.0841 e. The van der Waals surface area contributed by atoms with Crippen LogP contribution in [0.25, 0.3) is 0 Å². The standard InChI is InChI=1S/C19H16N4/c1-15(19-7-3-5-13-21-19)23-17-10-8-16(9-11-17)22-14-18-6-2-4-12-20-18/h2-14H,1H3. The Morgan fingerprint density at radius 2 is 1.52 bits per heavy atom. The number of rotatable bonds is 4. The van der Waals surface area contributed by atoms with Gasteiger partial charge in [-0.25, -0.2) is 0 Å². The SMILES string of the molecule is CC(=Nc1ccc(N=Cc2ccccn2)cc1)c1ccccn1. The van der Waals surface area contributed by atoms with E-state index in [1.165, 1.54) is 0 Å². The van der Waals surface area contributed by atoms with Gasteiger partial charge in [-0.1, -0.05) is 12.1 Å². The maximum atomic E-state index is 4.58. The molecule has 0 bridgehead atoms. The van der Waals surface area contributed by atoms with Crippen molar-refractivity contribution in [1.82, 2.24) is 9.97 Å². The zero-order chi connectivity index (χ0) is 15.9. The predicted molar refractivity (Wildman–Crippen MR) is 94.0 cm³/mol. The largest absolute Gasteiger partial charge is 0.255 e. The first-order valence-electron chi connectivity index (χ1n) is 7.33. The highest BCUT2D eigenvalue weighted by molar-refractivity contribution is 5.98. The van der Waals surface area contributed by atoms with Crippen LogP contribution in [0.1, 0.15) is 18.3 Å². The summed E-state index contributed by atoms with van der Waals surface area (Å²) in [4.78, 5) is 17.5. The van der Waals surface area contributed by atoms with E-state index in [1.54, 1.807) is 18.6 Å². The van der Waals surface area contributed by atoms with E-state index in [-0.39, 0.29) is 0 Å². The lowest BCUT2D eigenvalue weighted by atomic mass is 10.2. The molecule has 0 aliphatic heterocycles. The van der Waals surface area contributed by atoms with Gasteiger partial charge in [-0.15, -0.1) is 0 Å². The Morgan fingerprint density at radius 3 is 2.17 bits per heavy atom. The van der Waals surface area contributed by atoms with Gasteiger partial charge < -0.3 is 0 Å². The molecule has 1 aromatic carbocycles. The molecular weight excluding hydrogens is 284 g/mol. The van der Waals surface area contributed by atoms with Crippen LogP contribution in [0.4, 0.5) is 11.4 Å². The topological polar surface area (TPSA) is 50.5 Å². The highest BCUT2D eigenvalue weighted by atomic mass is 14.8. The van der Waals surface area contributed by atoms with Crippen LogP contribution in [0.3, 0.4) is 0 Å². The molecule has 112 valence electrons. The molecule has 2 aromatic heterocycles. The number of aliphatic imine (C=N–C) groups is 2. The quantitative estimate of drug-likeness (QED) is 0.672. The van der Waals surface area contributed by atoms with Crippen molar-refractivity contribution < 1.29 is 0 Å². The van der Waals surface area contributed by atoms with Crippen LogP contribution >= 0.6 is 0 Å². The van der Waals surface area contributed by atoms with E-state index in [2.05, 4.69) is 20.0 Å². The van der Waals surface area contributed by atoms with Gasteiger partial charge in [0.05, 0.1) is 34.7 Å². The highest BCUT2D eigenvalue weighted by Crippen LogP contribution is 2.19. The summed E-state index contributed by atoms with van der Waals surface area (Å²) in [5.74, 6) is 0. The second-order valence-electron chi connectivity index (χ2n) is 4.94. The molecule has 2 heterocycles. The smallest absolute Gasteiger partial charge is 0.0841 e. The first-order chi connectivity index (χ1) is 11.3. The Bertz CT molecular complexity index is 807. The Kier molecular flexibility index (Phi) is 4.64. The van der Waals surface area contributed by atoms with Crippen LogP contribution in [-0.4, -0.2) is 21.9 Å². The summed E-state index contributed by atoms with van der Waals surface area (Å²) in [6.45, 7) is 1.95.